The van der Waals surface area contributed by atoms with E-state index >= 15 is 0 Å². The summed E-state index contributed by atoms with van der Waals surface area (Å²) in [5.74, 6) is 7.77. The lowest BCUT2D eigenvalue weighted by Crippen LogP contribution is -2.44. The van der Waals surface area contributed by atoms with Crippen molar-refractivity contribution >= 4 is 0 Å². The van der Waals surface area contributed by atoms with Crippen LogP contribution < -0.4 is 0 Å². The molecule has 0 heteroatoms. The van der Waals surface area contributed by atoms with Crippen LogP contribution in [0.1, 0.15) is 114 Å². The fourth-order valence-electron chi connectivity index (χ4n) is 7.58. The van der Waals surface area contributed by atoms with Crippen LogP contribution in [0.2, 0.25) is 0 Å². The molecule has 28 heavy (non-hydrogen) atoms. The highest BCUT2D eigenvalue weighted by atomic mass is 14.6. The Bertz CT molecular complexity index is 500. The minimum Gasteiger partial charge on any atom is -0.0625 e. The summed E-state index contributed by atoms with van der Waals surface area (Å²) in [4.78, 5) is 0. The van der Waals surface area contributed by atoms with Crippen molar-refractivity contribution < 1.29 is 0 Å². The molecule has 0 aromatic heterocycles. The van der Waals surface area contributed by atoms with Gasteiger partial charge in [-0.15, -0.1) is 0 Å². The third kappa shape index (κ3) is 4.83. The largest absolute Gasteiger partial charge is 0.0625 e. The predicted molar refractivity (Wildman–Crippen MR) is 124 cm³/mol. The van der Waals surface area contributed by atoms with E-state index in [4.69, 9.17) is 0 Å². The average molecular weight is 389 g/mol. The zero-order chi connectivity index (χ0) is 21.1. The molecule has 0 bridgehead atoms. The molecule has 7 unspecified atom stereocenters. The van der Waals surface area contributed by atoms with E-state index < -0.39 is 0 Å². The van der Waals surface area contributed by atoms with E-state index in [1.54, 1.807) is 0 Å². The molecule has 3 saturated carbocycles. The highest BCUT2D eigenvalue weighted by Crippen LogP contribution is 2.59. The number of hydrogen-bond donors (Lipinski definition) is 0. The van der Waals surface area contributed by atoms with Gasteiger partial charge in [-0.25, -0.2) is 0 Å². The second-order valence-electron chi connectivity index (χ2n) is 14.8. The van der Waals surface area contributed by atoms with Gasteiger partial charge in [0.15, 0.2) is 0 Å². The topological polar surface area (TPSA) is 0 Å². The number of hydrogen-bond acceptors (Lipinski definition) is 0. The first-order chi connectivity index (χ1) is 12.7. The summed E-state index contributed by atoms with van der Waals surface area (Å²) in [6.45, 7) is 25.2. The zero-order valence-electron chi connectivity index (χ0n) is 21.1. The van der Waals surface area contributed by atoms with E-state index in [2.05, 4.69) is 69.2 Å². The molecule has 3 rings (SSSR count). The van der Waals surface area contributed by atoms with Gasteiger partial charge in [-0.3, -0.25) is 0 Å². The van der Waals surface area contributed by atoms with E-state index in [0.717, 1.165) is 47.3 Å². The molecule has 164 valence electrons. The summed E-state index contributed by atoms with van der Waals surface area (Å²) in [5, 5.41) is 0. The van der Waals surface area contributed by atoms with Crippen LogP contribution in [-0.2, 0) is 0 Å². The zero-order valence-corrected chi connectivity index (χ0v) is 21.1. The lowest BCUT2D eigenvalue weighted by molar-refractivity contribution is -0.0257. The SMILES string of the molecule is CC1CC2CC(C(C)(C)C)CC(C3CC(C(C)(C)C)CC(C(C)(C)C)C3)C2C1. The van der Waals surface area contributed by atoms with Gasteiger partial charge in [-0.1, -0.05) is 69.2 Å². The third-order valence-corrected chi connectivity index (χ3v) is 9.70. The Morgan fingerprint density at radius 2 is 0.786 bits per heavy atom. The van der Waals surface area contributed by atoms with Crippen LogP contribution in [0.15, 0.2) is 0 Å². The maximum atomic E-state index is 2.54. The van der Waals surface area contributed by atoms with Crippen LogP contribution in [-0.4, -0.2) is 0 Å². The molecular formula is C28H52. The van der Waals surface area contributed by atoms with Gasteiger partial charge in [0.05, 0.1) is 0 Å². The summed E-state index contributed by atoms with van der Waals surface area (Å²) in [6.07, 6.45) is 10.6. The van der Waals surface area contributed by atoms with Crippen molar-refractivity contribution in [3.05, 3.63) is 0 Å². The highest BCUT2D eigenvalue weighted by Gasteiger charge is 2.50. The fraction of sp³-hybridized carbons (Fsp3) is 1.00. The van der Waals surface area contributed by atoms with Crippen molar-refractivity contribution in [3.8, 4) is 0 Å². The first-order valence-electron chi connectivity index (χ1n) is 12.7. The molecule has 7 atom stereocenters. The molecule has 0 amide bonds. The molecule has 0 aromatic carbocycles. The van der Waals surface area contributed by atoms with Crippen LogP contribution in [0.3, 0.4) is 0 Å². The summed E-state index contributed by atoms with van der Waals surface area (Å²) < 4.78 is 0. The highest BCUT2D eigenvalue weighted by molar-refractivity contribution is 5.00. The van der Waals surface area contributed by atoms with Gasteiger partial charge >= 0.3 is 0 Å². The molecule has 3 aliphatic carbocycles. The van der Waals surface area contributed by atoms with Crippen LogP contribution in [0.4, 0.5) is 0 Å². The number of fused-ring (bicyclic) bond motifs is 1. The second kappa shape index (κ2) is 7.60. The van der Waals surface area contributed by atoms with Crippen molar-refractivity contribution in [3.63, 3.8) is 0 Å². The lowest BCUT2D eigenvalue weighted by atomic mass is 9.53. The maximum absolute atomic E-state index is 2.54. The second-order valence-corrected chi connectivity index (χ2v) is 14.8. The molecular weight excluding hydrogens is 336 g/mol. The third-order valence-electron chi connectivity index (χ3n) is 9.70. The van der Waals surface area contributed by atoms with Crippen molar-refractivity contribution in [2.24, 2.45) is 63.6 Å². The Balaban J connectivity index is 1.88. The summed E-state index contributed by atoms with van der Waals surface area (Å²) in [5.41, 5.74) is 1.40. The van der Waals surface area contributed by atoms with Crippen molar-refractivity contribution in [1.82, 2.24) is 0 Å². The summed E-state index contributed by atoms with van der Waals surface area (Å²) in [6, 6.07) is 0. The van der Waals surface area contributed by atoms with Gasteiger partial charge in [0.2, 0.25) is 0 Å². The molecule has 3 fully saturated rings. The van der Waals surface area contributed by atoms with E-state index in [1.807, 2.05) is 0 Å². The van der Waals surface area contributed by atoms with E-state index in [-0.39, 0.29) is 0 Å². The smallest absolute Gasteiger partial charge is 0.0352 e. The Kier molecular flexibility index (Phi) is 6.16. The quantitative estimate of drug-likeness (QED) is 0.421. The van der Waals surface area contributed by atoms with Crippen molar-refractivity contribution in [2.45, 2.75) is 114 Å². The molecule has 0 N–H and O–H groups in total. The first kappa shape index (κ1) is 22.7. The standard InChI is InChI=1S/C28H52/c1-18-11-19-13-23(28(8,9)10)17-25(24(19)12-18)20-14-21(26(2,3)4)16-22(15-20)27(5,6)7/h18-25H,11-17H2,1-10H3. The Morgan fingerprint density at radius 3 is 1.21 bits per heavy atom. The van der Waals surface area contributed by atoms with Gasteiger partial charge in [-0.2, -0.15) is 0 Å². The van der Waals surface area contributed by atoms with Crippen LogP contribution in [0.5, 0.6) is 0 Å². The van der Waals surface area contributed by atoms with Gasteiger partial charge in [0, 0.05) is 0 Å². The van der Waals surface area contributed by atoms with Gasteiger partial charge in [-0.05, 0) is 109 Å². The van der Waals surface area contributed by atoms with Crippen molar-refractivity contribution in [2.75, 3.05) is 0 Å². The van der Waals surface area contributed by atoms with Crippen LogP contribution in [0, 0.1) is 63.6 Å². The molecule has 0 saturated heterocycles. The predicted octanol–water partition coefficient (Wildman–Crippen LogP) is 8.85. The van der Waals surface area contributed by atoms with E-state index in [9.17, 15) is 0 Å². The fourth-order valence-corrected chi connectivity index (χ4v) is 7.58. The Morgan fingerprint density at radius 1 is 0.429 bits per heavy atom. The van der Waals surface area contributed by atoms with Crippen LogP contribution in [0.25, 0.3) is 0 Å². The van der Waals surface area contributed by atoms with Gasteiger partial charge in [0.25, 0.3) is 0 Å². The monoisotopic (exact) mass is 388 g/mol. The summed E-state index contributed by atoms with van der Waals surface area (Å²) >= 11 is 0. The Hall–Kier alpha value is 0. The van der Waals surface area contributed by atoms with E-state index in [1.165, 1.54) is 44.9 Å². The first-order valence-corrected chi connectivity index (χ1v) is 12.7. The molecule has 0 aromatic rings. The lowest BCUT2D eigenvalue weighted by Gasteiger charge is -2.52. The maximum Gasteiger partial charge on any atom is -0.0352 e. The summed E-state index contributed by atoms with van der Waals surface area (Å²) in [7, 11) is 0. The minimum absolute atomic E-state index is 0.461. The molecule has 0 aliphatic heterocycles. The molecule has 3 aliphatic rings. The molecule has 0 nitrogen and oxygen atoms in total. The average Bonchev–Trinajstić information content (AvgIpc) is 2.91. The minimum atomic E-state index is 0.461. The van der Waals surface area contributed by atoms with E-state index in [0.29, 0.717) is 16.2 Å². The molecule has 0 spiro atoms. The number of rotatable bonds is 1. The van der Waals surface area contributed by atoms with Gasteiger partial charge in [0.1, 0.15) is 0 Å². The molecule has 0 heterocycles. The van der Waals surface area contributed by atoms with Crippen LogP contribution >= 0.6 is 0 Å². The Labute approximate surface area is 178 Å². The normalized spacial score (nSPS) is 43.1. The molecule has 0 radical (unpaired) electrons. The van der Waals surface area contributed by atoms with Crippen molar-refractivity contribution in [1.29, 1.82) is 0 Å². The van der Waals surface area contributed by atoms with Gasteiger partial charge < -0.3 is 0 Å².